The molecule has 0 saturated carbocycles. The van der Waals surface area contributed by atoms with E-state index in [0.717, 1.165) is 32.0 Å². The lowest BCUT2D eigenvalue weighted by atomic mass is 10.1. The predicted molar refractivity (Wildman–Crippen MR) is 129 cm³/mol. The number of benzene rings is 1. The monoisotopic (exact) mass is 484 g/mol. The first-order valence-electron chi connectivity index (χ1n) is 9.36. The SMILES string of the molecule is COc1ccc(-c2nc(NC3=C(C)C(=O)NC3=O)c3c(-c4cccs4)csc3n2)cc1.Cl. The largest absolute Gasteiger partial charge is 0.497 e. The highest BCUT2D eigenvalue weighted by molar-refractivity contribution is 7.18. The van der Waals surface area contributed by atoms with Gasteiger partial charge in [0.1, 0.15) is 22.1 Å². The molecule has 2 N–H and O–H groups in total. The normalized spacial score (nSPS) is 13.3. The molecule has 1 aromatic carbocycles. The van der Waals surface area contributed by atoms with Gasteiger partial charge in [0, 0.05) is 27.0 Å². The van der Waals surface area contributed by atoms with Gasteiger partial charge in [-0.3, -0.25) is 14.9 Å². The van der Waals surface area contributed by atoms with Gasteiger partial charge in [0.25, 0.3) is 11.8 Å². The summed E-state index contributed by atoms with van der Waals surface area (Å²) in [7, 11) is 1.61. The molecule has 0 radical (unpaired) electrons. The Morgan fingerprint density at radius 3 is 2.44 bits per heavy atom. The number of methoxy groups -OCH3 is 1. The first-order valence-corrected chi connectivity index (χ1v) is 11.1. The minimum absolute atomic E-state index is 0. The third kappa shape index (κ3) is 3.75. The van der Waals surface area contributed by atoms with Crippen LogP contribution < -0.4 is 15.4 Å². The van der Waals surface area contributed by atoms with E-state index in [-0.39, 0.29) is 18.1 Å². The second kappa shape index (κ2) is 8.70. The molecule has 3 aromatic heterocycles. The van der Waals surface area contributed by atoms with Crippen molar-refractivity contribution in [3.05, 3.63) is 58.4 Å². The number of ether oxygens (including phenoxy) is 1. The van der Waals surface area contributed by atoms with Crippen LogP contribution in [0, 0.1) is 0 Å². The number of anilines is 1. The van der Waals surface area contributed by atoms with Gasteiger partial charge in [0.2, 0.25) is 0 Å². The molecule has 7 nitrogen and oxygen atoms in total. The van der Waals surface area contributed by atoms with Crippen molar-refractivity contribution in [2.75, 3.05) is 12.4 Å². The Bertz CT molecular complexity index is 1360. The highest BCUT2D eigenvalue weighted by atomic mass is 35.5. The average Bonchev–Trinajstić information content (AvgIpc) is 3.50. The van der Waals surface area contributed by atoms with Crippen molar-refractivity contribution >= 4 is 62.9 Å². The van der Waals surface area contributed by atoms with Crippen LogP contribution in [0.25, 0.3) is 32.0 Å². The molecule has 5 rings (SSSR count). The Hall–Kier alpha value is -3.27. The van der Waals surface area contributed by atoms with Crippen molar-refractivity contribution in [1.82, 2.24) is 15.3 Å². The number of thiophene rings is 2. The maximum absolute atomic E-state index is 12.3. The molecular formula is C22H17ClN4O3S2. The fourth-order valence-corrected chi connectivity index (χ4v) is 5.09. The van der Waals surface area contributed by atoms with Gasteiger partial charge in [0.05, 0.1) is 12.5 Å². The van der Waals surface area contributed by atoms with Gasteiger partial charge in [-0.15, -0.1) is 35.1 Å². The molecule has 0 atom stereocenters. The Morgan fingerprint density at radius 1 is 1.03 bits per heavy atom. The Balaban J connectivity index is 0.00000245. The van der Waals surface area contributed by atoms with Gasteiger partial charge in [-0.25, -0.2) is 9.97 Å². The van der Waals surface area contributed by atoms with Crippen LogP contribution in [0.2, 0.25) is 0 Å². The van der Waals surface area contributed by atoms with E-state index in [1.807, 2.05) is 47.2 Å². The fourth-order valence-electron chi connectivity index (χ4n) is 3.33. The molecule has 2 amide bonds. The summed E-state index contributed by atoms with van der Waals surface area (Å²) in [5.74, 6) is 0.867. The Labute approximate surface area is 197 Å². The lowest BCUT2D eigenvalue weighted by Crippen LogP contribution is -2.24. The second-order valence-corrected chi connectivity index (χ2v) is 8.65. The first-order chi connectivity index (χ1) is 15.0. The van der Waals surface area contributed by atoms with Gasteiger partial charge < -0.3 is 10.1 Å². The number of imide groups is 1. The van der Waals surface area contributed by atoms with E-state index in [2.05, 4.69) is 10.6 Å². The van der Waals surface area contributed by atoms with E-state index in [4.69, 9.17) is 14.7 Å². The minimum Gasteiger partial charge on any atom is -0.497 e. The Kier molecular flexibility index (Phi) is 5.96. The molecule has 162 valence electrons. The minimum atomic E-state index is -0.465. The average molecular weight is 485 g/mol. The van der Waals surface area contributed by atoms with E-state index < -0.39 is 11.8 Å². The lowest BCUT2D eigenvalue weighted by molar-refractivity contribution is -0.124. The number of fused-ring (bicyclic) bond motifs is 1. The third-order valence-corrected chi connectivity index (χ3v) is 6.76. The van der Waals surface area contributed by atoms with Crippen LogP contribution in [0.4, 0.5) is 5.82 Å². The molecule has 4 aromatic rings. The van der Waals surface area contributed by atoms with Gasteiger partial charge >= 0.3 is 0 Å². The van der Waals surface area contributed by atoms with Crippen LogP contribution in [0.3, 0.4) is 0 Å². The number of halogens is 1. The highest BCUT2D eigenvalue weighted by Crippen LogP contribution is 2.40. The van der Waals surface area contributed by atoms with Crippen LogP contribution in [0.1, 0.15) is 6.92 Å². The molecule has 0 aliphatic carbocycles. The zero-order valence-corrected chi connectivity index (χ0v) is 19.4. The van der Waals surface area contributed by atoms with Crippen molar-refractivity contribution < 1.29 is 14.3 Å². The maximum Gasteiger partial charge on any atom is 0.275 e. The van der Waals surface area contributed by atoms with Gasteiger partial charge in [-0.2, -0.15) is 0 Å². The molecule has 0 saturated heterocycles. The van der Waals surface area contributed by atoms with Crippen molar-refractivity contribution in [3.63, 3.8) is 0 Å². The number of hydrogen-bond acceptors (Lipinski definition) is 8. The smallest absolute Gasteiger partial charge is 0.275 e. The summed E-state index contributed by atoms with van der Waals surface area (Å²) in [6.07, 6.45) is 0. The van der Waals surface area contributed by atoms with Crippen molar-refractivity contribution in [2.24, 2.45) is 0 Å². The van der Waals surface area contributed by atoms with Crippen LogP contribution in [-0.2, 0) is 9.59 Å². The summed E-state index contributed by atoms with van der Waals surface area (Å²) in [5, 5.41) is 10.3. The molecule has 1 aliphatic heterocycles. The molecule has 0 spiro atoms. The lowest BCUT2D eigenvalue weighted by Gasteiger charge is -2.11. The molecule has 0 fully saturated rings. The molecule has 1 aliphatic rings. The zero-order chi connectivity index (χ0) is 21.5. The maximum atomic E-state index is 12.3. The van der Waals surface area contributed by atoms with Crippen LogP contribution in [0.5, 0.6) is 5.75 Å². The number of amides is 2. The third-order valence-electron chi connectivity index (χ3n) is 4.98. The van der Waals surface area contributed by atoms with Gasteiger partial charge in [-0.1, -0.05) is 6.07 Å². The quantitative estimate of drug-likeness (QED) is 0.393. The summed E-state index contributed by atoms with van der Waals surface area (Å²) in [4.78, 5) is 35.6. The first kappa shape index (κ1) is 21.9. The van der Waals surface area contributed by atoms with Crippen LogP contribution in [-0.4, -0.2) is 28.9 Å². The number of aromatic nitrogens is 2. The van der Waals surface area contributed by atoms with Crippen molar-refractivity contribution in [3.8, 4) is 27.6 Å². The Morgan fingerprint density at radius 2 is 1.81 bits per heavy atom. The molecular weight excluding hydrogens is 468 g/mol. The molecule has 10 heteroatoms. The molecule has 4 heterocycles. The van der Waals surface area contributed by atoms with Crippen molar-refractivity contribution in [2.45, 2.75) is 6.92 Å². The summed E-state index contributed by atoms with van der Waals surface area (Å²) in [6, 6.07) is 11.5. The van der Waals surface area contributed by atoms with E-state index in [1.165, 1.54) is 11.3 Å². The summed E-state index contributed by atoms with van der Waals surface area (Å²) < 4.78 is 5.23. The number of carbonyl (C=O) groups is 2. The number of carbonyl (C=O) groups excluding carboxylic acids is 2. The number of nitrogens with one attached hydrogen (secondary N) is 2. The van der Waals surface area contributed by atoms with Crippen LogP contribution >= 0.6 is 35.1 Å². The number of rotatable bonds is 5. The highest BCUT2D eigenvalue weighted by Gasteiger charge is 2.29. The number of nitrogens with zero attached hydrogens (tertiary/aromatic N) is 2. The van der Waals surface area contributed by atoms with Gasteiger partial charge in [-0.05, 0) is 42.6 Å². The fraction of sp³-hybridized carbons (Fsp3) is 0.0909. The molecule has 0 bridgehead atoms. The summed E-state index contributed by atoms with van der Waals surface area (Å²) in [5.41, 5.74) is 2.33. The van der Waals surface area contributed by atoms with E-state index in [9.17, 15) is 9.59 Å². The predicted octanol–water partition coefficient (Wildman–Crippen LogP) is 4.86. The topological polar surface area (TPSA) is 93.2 Å². The molecule has 32 heavy (non-hydrogen) atoms. The van der Waals surface area contributed by atoms with Gasteiger partial charge in [0.15, 0.2) is 5.82 Å². The van der Waals surface area contributed by atoms with Crippen molar-refractivity contribution in [1.29, 1.82) is 0 Å². The standard InChI is InChI=1S/C22H16N4O3S2.ClH/c1-11-17(21(28)26-20(11)27)23-19-16-14(15-4-3-9-30-15)10-31-22(16)25-18(24-19)12-5-7-13(29-2)8-6-12;/h3-10H,1-2H3,(H2,23,24,25,26,27,28);1H. The number of hydrogen-bond donors (Lipinski definition) is 2. The van der Waals surface area contributed by atoms with E-state index >= 15 is 0 Å². The summed E-state index contributed by atoms with van der Waals surface area (Å²) >= 11 is 3.13. The van der Waals surface area contributed by atoms with E-state index in [0.29, 0.717) is 17.2 Å². The zero-order valence-electron chi connectivity index (χ0n) is 17.0. The second-order valence-electron chi connectivity index (χ2n) is 6.84. The molecule has 0 unspecified atom stereocenters. The van der Waals surface area contributed by atoms with Crippen LogP contribution in [0.15, 0.2) is 58.4 Å². The summed E-state index contributed by atoms with van der Waals surface area (Å²) in [6.45, 7) is 1.61. The van der Waals surface area contributed by atoms with E-state index in [1.54, 1.807) is 25.4 Å².